The molecule has 0 amide bonds. The van der Waals surface area contributed by atoms with Gasteiger partial charge in [0.2, 0.25) is 0 Å². The Kier molecular flexibility index (Phi) is 3.70. The molecule has 0 spiro atoms. The number of rotatable bonds is 5. The highest BCUT2D eigenvalue weighted by Crippen LogP contribution is 2.11. The van der Waals surface area contributed by atoms with Gasteiger partial charge in [-0.2, -0.15) is 0 Å². The van der Waals surface area contributed by atoms with Crippen LogP contribution in [0.15, 0.2) is 30.3 Å². The first kappa shape index (κ1) is 11.6. The van der Waals surface area contributed by atoms with E-state index < -0.39 is 0 Å². The fourth-order valence-electron chi connectivity index (χ4n) is 1.89. The van der Waals surface area contributed by atoms with Crippen molar-refractivity contribution in [1.82, 2.24) is 9.97 Å². The van der Waals surface area contributed by atoms with Crippen LogP contribution in [0.5, 0.6) is 0 Å². The zero-order valence-corrected chi connectivity index (χ0v) is 9.94. The molecule has 0 aliphatic carbocycles. The Morgan fingerprint density at radius 1 is 1.29 bits per heavy atom. The summed E-state index contributed by atoms with van der Waals surface area (Å²) >= 11 is 0. The zero-order chi connectivity index (χ0) is 12.1. The van der Waals surface area contributed by atoms with E-state index in [2.05, 4.69) is 29.0 Å². The van der Waals surface area contributed by atoms with E-state index in [9.17, 15) is 4.79 Å². The minimum absolute atomic E-state index is 0.554. The fourth-order valence-corrected chi connectivity index (χ4v) is 1.89. The van der Waals surface area contributed by atoms with E-state index in [1.165, 1.54) is 5.56 Å². The van der Waals surface area contributed by atoms with E-state index in [-0.39, 0.29) is 0 Å². The highest BCUT2D eigenvalue weighted by molar-refractivity contribution is 5.73. The Bertz CT molecular complexity index is 488. The highest BCUT2D eigenvalue weighted by Gasteiger charge is 2.08. The first-order chi connectivity index (χ1) is 8.33. The standard InChI is InChI=1S/C14H16N2O/c1-2-6-12-13(10-17)16-14(15-12)9-11-7-4-3-5-8-11/h3-5,7-8,10H,2,6,9H2,1H3,(H,15,16). The molecule has 0 radical (unpaired) electrons. The minimum Gasteiger partial charge on any atom is -0.345 e. The van der Waals surface area contributed by atoms with Crippen LogP contribution in [0.1, 0.15) is 40.9 Å². The Labute approximate surface area is 101 Å². The van der Waals surface area contributed by atoms with Gasteiger partial charge in [0.15, 0.2) is 6.29 Å². The van der Waals surface area contributed by atoms with Gasteiger partial charge < -0.3 is 4.98 Å². The van der Waals surface area contributed by atoms with Gasteiger partial charge in [-0.05, 0) is 12.0 Å². The zero-order valence-electron chi connectivity index (χ0n) is 9.94. The topological polar surface area (TPSA) is 45.8 Å². The number of hydrogen-bond acceptors (Lipinski definition) is 2. The monoisotopic (exact) mass is 228 g/mol. The number of imidazole rings is 1. The number of carbonyl (C=O) groups is 1. The average Bonchev–Trinajstić information content (AvgIpc) is 2.73. The predicted molar refractivity (Wildman–Crippen MR) is 67.2 cm³/mol. The number of aromatic amines is 1. The summed E-state index contributed by atoms with van der Waals surface area (Å²) in [6, 6.07) is 10.1. The molecule has 0 unspecified atom stereocenters. The molecule has 1 N–H and O–H groups in total. The van der Waals surface area contributed by atoms with Crippen LogP contribution in [0.25, 0.3) is 0 Å². The van der Waals surface area contributed by atoms with Gasteiger partial charge in [0.1, 0.15) is 11.5 Å². The molecule has 17 heavy (non-hydrogen) atoms. The molecular formula is C14H16N2O. The van der Waals surface area contributed by atoms with Crippen LogP contribution in [0.3, 0.4) is 0 Å². The molecule has 3 nitrogen and oxygen atoms in total. The van der Waals surface area contributed by atoms with E-state index >= 15 is 0 Å². The normalized spacial score (nSPS) is 10.4. The smallest absolute Gasteiger partial charge is 0.170 e. The summed E-state index contributed by atoms with van der Waals surface area (Å²) in [4.78, 5) is 18.4. The molecule has 0 aliphatic heterocycles. The van der Waals surface area contributed by atoms with E-state index in [1.54, 1.807) is 0 Å². The van der Waals surface area contributed by atoms with Gasteiger partial charge in [-0.3, -0.25) is 4.79 Å². The summed E-state index contributed by atoms with van der Waals surface area (Å²) in [5.74, 6) is 0.863. The van der Waals surface area contributed by atoms with Crippen LogP contribution in [0.4, 0.5) is 0 Å². The second-order valence-corrected chi connectivity index (χ2v) is 4.08. The van der Waals surface area contributed by atoms with E-state index in [1.807, 2.05) is 18.2 Å². The molecule has 0 saturated carbocycles. The Balaban J connectivity index is 2.19. The molecule has 1 heterocycles. The maximum Gasteiger partial charge on any atom is 0.170 e. The van der Waals surface area contributed by atoms with Crippen molar-refractivity contribution in [2.45, 2.75) is 26.2 Å². The van der Waals surface area contributed by atoms with Crippen molar-refractivity contribution in [3.63, 3.8) is 0 Å². The average molecular weight is 228 g/mol. The van der Waals surface area contributed by atoms with Crippen LogP contribution < -0.4 is 0 Å². The van der Waals surface area contributed by atoms with E-state index in [4.69, 9.17) is 0 Å². The lowest BCUT2D eigenvalue weighted by atomic mass is 10.1. The molecule has 0 bridgehead atoms. The molecule has 2 aromatic rings. The molecule has 0 atom stereocenters. The molecule has 0 saturated heterocycles. The number of aldehydes is 1. The summed E-state index contributed by atoms with van der Waals surface area (Å²) in [7, 11) is 0. The van der Waals surface area contributed by atoms with Gasteiger partial charge >= 0.3 is 0 Å². The number of aromatic nitrogens is 2. The second kappa shape index (κ2) is 5.43. The summed E-state index contributed by atoms with van der Waals surface area (Å²) in [6.45, 7) is 2.09. The van der Waals surface area contributed by atoms with Crippen LogP contribution in [0.2, 0.25) is 0 Å². The van der Waals surface area contributed by atoms with Gasteiger partial charge in [0.05, 0.1) is 0 Å². The van der Waals surface area contributed by atoms with Crippen molar-refractivity contribution in [2.75, 3.05) is 0 Å². The molecule has 2 rings (SSSR count). The lowest BCUT2D eigenvalue weighted by Crippen LogP contribution is -1.90. The summed E-state index contributed by atoms with van der Waals surface area (Å²) in [5.41, 5.74) is 2.70. The lowest BCUT2D eigenvalue weighted by molar-refractivity contribution is 0.111. The largest absolute Gasteiger partial charge is 0.345 e. The third kappa shape index (κ3) is 2.81. The maximum atomic E-state index is 10.9. The van der Waals surface area contributed by atoms with Crippen molar-refractivity contribution in [3.05, 3.63) is 53.1 Å². The van der Waals surface area contributed by atoms with Crippen molar-refractivity contribution in [1.29, 1.82) is 0 Å². The van der Waals surface area contributed by atoms with Crippen LogP contribution in [-0.2, 0) is 12.8 Å². The first-order valence-corrected chi connectivity index (χ1v) is 5.90. The predicted octanol–water partition coefficient (Wildman–Crippen LogP) is 2.77. The number of nitrogens with one attached hydrogen (secondary N) is 1. The third-order valence-electron chi connectivity index (χ3n) is 2.69. The van der Waals surface area contributed by atoms with Gasteiger partial charge in [0, 0.05) is 12.1 Å². The Morgan fingerprint density at radius 2 is 2.06 bits per heavy atom. The first-order valence-electron chi connectivity index (χ1n) is 5.90. The Morgan fingerprint density at radius 3 is 2.71 bits per heavy atom. The van der Waals surface area contributed by atoms with Crippen molar-refractivity contribution in [3.8, 4) is 0 Å². The van der Waals surface area contributed by atoms with Gasteiger partial charge in [0.25, 0.3) is 0 Å². The minimum atomic E-state index is 0.554. The van der Waals surface area contributed by atoms with Gasteiger partial charge in [-0.1, -0.05) is 43.7 Å². The molecule has 1 aromatic carbocycles. The van der Waals surface area contributed by atoms with Crippen LogP contribution in [-0.4, -0.2) is 16.3 Å². The van der Waals surface area contributed by atoms with Gasteiger partial charge in [-0.15, -0.1) is 0 Å². The lowest BCUT2D eigenvalue weighted by Gasteiger charge is -1.97. The van der Waals surface area contributed by atoms with Gasteiger partial charge in [-0.25, -0.2) is 4.98 Å². The van der Waals surface area contributed by atoms with Crippen LogP contribution >= 0.6 is 0 Å². The summed E-state index contributed by atoms with van der Waals surface area (Å²) in [6.07, 6.45) is 3.45. The number of nitrogens with zero attached hydrogens (tertiary/aromatic N) is 1. The molecule has 3 heteroatoms. The number of H-pyrrole nitrogens is 1. The number of benzene rings is 1. The molecule has 0 fully saturated rings. The second-order valence-electron chi connectivity index (χ2n) is 4.08. The van der Waals surface area contributed by atoms with Crippen molar-refractivity contribution < 1.29 is 4.79 Å². The summed E-state index contributed by atoms with van der Waals surface area (Å²) < 4.78 is 0. The molecule has 1 aromatic heterocycles. The number of carbonyl (C=O) groups excluding carboxylic acids is 1. The van der Waals surface area contributed by atoms with E-state index in [0.29, 0.717) is 5.69 Å². The maximum absolute atomic E-state index is 10.9. The highest BCUT2D eigenvalue weighted by atomic mass is 16.1. The van der Waals surface area contributed by atoms with Crippen molar-refractivity contribution >= 4 is 6.29 Å². The Hall–Kier alpha value is -1.90. The van der Waals surface area contributed by atoms with Crippen molar-refractivity contribution in [2.24, 2.45) is 0 Å². The van der Waals surface area contributed by atoms with E-state index in [0.717, 1.165) is 37.1 Å². The summed E-state index contributed by atoms with van der Waals surface area (Å²) in [5, 5.41) is 0. The number of hydrogen-bond donors (Lipinski definition) is 1. The number of aryl methyl sites for hydroxylation is 1. The fraction of sp³-hybridized carbons (Fsp3) is 0.286. The molecule has 0 aliphatic rings. The van der Waals surface area contributed by atoms with Crippen LogP contribution in [0, 0.1) is 0 Å². The third-order valence-corrected chi connectivity index (χ3v) is 2.69. The SMILES string of the molecule is CCCc1[nH]c(Cc2ccccc2)nc1C=O. The quantitative estimate of drug-likeness (QED) is 0.800. The molecule has 88 valence electrons. The molecular weight excluding hydrogens is 212 g/mol.